The molecule has 20 heavy (non-hydrogen) atoms. The van der Waals surface area contributed by atoms with Crippen molar-refractivity contribution in [2.45, 2.75) is 26.9 Å². The standard InChI is InChI=1S/C17H20O3/c1-11-8-9-14(12(2)10-11)20-16-7-5-6-15(19-4)17(16)13(3)18/h5-10,13,18H,1-4H3/t13-/m0/s1. The van der Waals surface area contributed by atoms with Crippen LogP contribution in [0.2, 0.25) is 0 Å². The summed E-state index contributed by atoms with van der Waals surface area (Å²) in [5.74, 6) is 2.03. The van der Waals surface area contributed by atoms with Crippen LogP contribution in [-0.2, 0) is 0 Å². The molecule has 0 saturated heterocycles. The summed E-state index contributed by atoms with van der Waals surface area (Å²) in [5, 5.41) is 9.95. The third-order valence-electron chi connectivity index (χ3n) is 3.21. The number of methoxy groups -OCH3 is 1. The fraction of sp³-hybridized carbons (Fsp3) is 0.294. The molecule has 3 heteroatoms. The van der Waals surface area contributed by atoms with Crippen molar-refractivity contribution in [2.75, 3.05) is 7.11 Å². The van der Waals surface area contributed by atoms with Crippen LogP contribution in [0.3, 0.4) is 0 Å². The Balaban J connectivity index is 2.43. The molecule has 0 radical (unpaired) electrons. The Morgan fingerprint density at radius 1 is 1.00 bits per heavy atom. The van der Waals surface area contributed by atoms with Crippen LogP contribution in [0.5, 0.6) is 17.2 Å². The van der Waals surface area contributed by atoms with Gasteiger partial charge >= 0.3 is 0 Å². The molecule has 0 aliphatic heterocycles. The average molecular weight is 272 g/mol. The molecule has 0 aliphatic rings. The highest BCUT2D eigenvalue weighted by atomic mass is 16.5. The van der Waals surface area contributed by atoms with E-state index in [0.29, 0.717) is 17.1 Å². The molecule has 0 unspecified atom stereocenters. The van der Waals surface area contributed by atoms with Gasteiger partial charge in [0.1, 0.15) is 17.2 Å². The summed E-state index contributed by atoms with van der Waals surface area (Å²) in [6.07, 6.45) is -0.660. The van der Waals surface area contributed by atoms with Gasteiger partial charge in [-0.3, -0.25) is 0 Å². The van der Waals surface area contributed by atoms with Gasteiger partial charge in [-0.15, -0.1) is 0 Å². The van der Waals surface area contributed by atoms with E-state index >= 15 is 0 Å². The van der Waals surface area contributed by atoms with E-state index in [4.69, 9.17) is 9.47 Å². The summed E-state index contributed by atoms with van der Waals surface area (Å²) in [5.41, 5.74) is 2.91. The van der Waals surface area contributed by atoms with Gasteiger partial charge in [-0.25, -0.2) is 0 Å². The summed E-state index contributed by atoms with van der Waals surface area (Å²) >= 11 is 0. The van der Waals surface area contributed by atoms with Gasteiger partial charge in [-0.2, -0.15) is 0 Å². The molecular formula is C17H20O3. The second-order valence-electron chi connectivity index (χ2n) is 4.92. The van der Waals surface area contributed by atoms with E-state index in [-0.39, 0.29) is 0 Å². The number of rotatable bonds is 4. The number of aryl methyl sites for hydroxylation is 2. The molecule has 0 aromatic heterocycles. The van der Waals surface area contributed by atoms with E-state index in [0.717, 1.165) is 11.3 Å². The molecule has 0 saturated carbocycles. The van der Waals surface area contributed by atoms with Gasteiger partial charge in [0.2, 0.25) is 0 Å². The van der Waals surface area contributed by atoms with Crippen LogP contribution in [0.4, 0.5) is 0 Å². The Morgan fingerprint density at radius 2 is 1.70 bits per heavy atom. The van der Waals surface area contributed by atoms with Crippen LogP contribution in [0, 0.1) is 13.8 Å². The Labute approximate surface area is 119 Å². The zero-order valence-corrected chi connectivity index (χ0v) is 12.3. The maximum Gasteiger partial charge on any atom is 0.136 e. The maximum atomic E-state index is 9.95. The van der Waals surface area contributed by atoms with Crippen molar-refractivity contribution in [3.8, 4) is 17.2 Å². The van der Waals surface area contributed by atoms with Gasteiger partial charge in [0.05, 0.1) is 18.8 Å². The van der Waals surface area contributed by atoms with Crippen molar-refractivity contribution < 1.29 is 14.6 Å². The summed E-state index contributed by atoms with van der Waals surface area (Å²) in [7, 11) is 1.59. The molecule has 1 N–H and O–H groups in total. The SMILES string of the molecule is COc1cccc(Oc2ccc(C)cc2C)c1[C@H](C)O. The first-order chi connectivity index (χ1) is 9.52. The minimum absolute atomic E-state index is 0.617. The van der Waals surface area contributed by atoms with Crippen LogP contribution >= 0.6 is 0 Å². The van der Waals surface area contributed by atoms with E-state index < -0.39 is 6.10 Å². The molecule has 106 valence electrons. The van der Waals surface area contributed by atoms with E-state index in [2.05, 4.69) is 6.07 Å². The lowest BCUT2D eigenvalue weighted by atomic mass is 10.1. The molecule has 3 nitrogen and oxygen atoms in total. The van der Waals surface area contributed by atoms with E-state index in [1.807, 2.05) is 44.2 Å². The highest BCUT2D eigenvalue weighted by Gasteiger charge is 2.16. The van der Waals surface area contributed by atoms with Crippen molar-refractivity contribution >= 4 is 0 Å². The second-order valence-corrected chi connectivity index (χ2v) is 4.92. The molecule has 2 aromatic carbocycles. The Hall–Kier alpha value is -2.00. The smallest absolute Gasteiger partial charge is 0.136 e. The highest BCUT2D eigenvalue weighted by Crippen LogP contribution is 2.37. The van der Waals surface area contributed by atoms with Gasteiger partial charge in [0.15, 0.2) is 0 Å². The lowest BCUT2D eigenvalue weighted by Gasteiger charge is -2.17. The normalized spacial score (nSPS) is 12.1. The van der Waals surface area contributed by atoms with Crippen molar-refractivity contribution in [3.63, 3.8) is 0 Å². The lowest BCUT2D eigenvalue weighted by Crippen LogP contribution is -2.00. The first-order valence-corrected chi connectivity index (χ1v) is 6.63. The van der Waals surface area contributed by atoms with Gasteiger partial charge in [0.25, 0.3) is 0 Å². The number of hydrogen-bond donors (Lipinski definition) is 1. The molecule has 0 spiro atoms. The summed E-state index contributed by atoms with van der Waals surface area (Å²) in [4.78, 5) is 0. The number of ether oxygens (including phenoxy) is 2. The van der Waals surface area contributed by atoms with Crippen molar-refractivity contribution in [1.82, 2.24) is 0 Å². The van der Waals surface area contributed by atoms with E-state index in [1.165, 1.54) is 5.56 Å². The molecule has 0 heterocycles. The van der Waals surface area contributed by atoms with Gasteiger partial charge in [-0.05, 0) is 44.5 Å². The summed E-state index contributed by atoms with van der Waals surface area (Å²) in [6, 6.07) is 11.5. The lowest BCUT2D eigenvalue weighted by molar-refractivity contribution is 0.190. The number of aliphatic hydroxyl groups excluding tert-OH is 1. The molecule has 0 bridgehead atoms. The summed E-state index contributed by atoms with van der Waals surface area (Å²) < 4.78 is 11.3. The maximum absolute atomic E-state index is 9.95. The number of hydrogen-bond acceptors (Lipinski definition) is 3. The van der Waals surface area contributed by atoms with E-state index in [1.54, 1.807) is 14.0 Å². The monoisotopic (exact) mass is 272 g/mol. The van der Waals surface area contributed by atoms with Crippen molar-refractivity contribution in [2.24, 2.45) is 0 Å². The molecule has 2 rings (SSSR count). The fourth-order valence-electron chi connectivity index (χ4n) is 2.23. The van der Waals surface area contributed by atoms with Crippen LogP contribution in [0.1, 0.15) is 29.7 Å². The fourth-order valence-corrected chi connectivity index (χ4v) is 2.23. The molecule has 0 fully saturated rings. The molecule has 0 aliphatic carbocycles. The Kier molecular flexibility index (Phi) is 4.30. The van der Waals surface area contributed by atoms with Gasteiger partial charge in [0, 0.05) is 0 Å². The largest absolute Gasteiger partial charge is 0.496 e. The zero-order valence-electron chi connectivity index (χ0n) is 12.3. The predicted octanol–water partition coefficient (Wildman–Crippen LogP) is 4.16. The number of benzene rings is 2. The van der Waals surface area contributed by atoms with Crippen molar-refractivity contribution in [1.29, 1.82) is 0 Å². The van der Waals surface area contributed by atoms with Crippen LogP contribution in [0.15, 0.2) is 36.4 Å². The van der Waals surface area contributed by atoms with Gasteiger partial charge in [-0.1, -0.05) is 23.8 Å². The Morgan fingerprint density at radius 3 is 2.30 bits per heavy atom. The average Bonchev–Trinajstić information content (AvgIpc) is 2.41. The van der Waals surface area contributed by atoms with Gasteiger partial charge < -0.3 is 14.6 Å². The topological polar surface area (TPSA) is 38.7 Å². The first-order valence-electron chi connectivity index (χ1n) is 6.63. The molecule has 2 aromatic rings. The minimum atomic E-state index is -0.660. The second kappa shape index (κ2) is 5.97. The molecule has 0 amide bonds. The predicted molar refractivity (Wildman–Crippen MR) is 79.6 cm³/mol. The van der Waals surface area contributed by atoms with Crippen LogP contribution in [0.25, 0.3) is 0 Å². The Bertz CT molecular complexity index is 603. The van der Waals surface area contributed by atoms with E-state index in [9.17, 15) is 5.11 Å². The minimum Gasteiger partial charge on any atom is -0.496 e. The first kappa shape index (κ1) is 14.4. The third-order valence-corrected chi connectivity index (χ3v) is 3.21. The highest BCUT2D eigenvalue weighted by molar-refractivity contribution is 5.49. The zero-order chi connectivity index (χ0) is 14.7. The molecule has 1 atom stereocenters. The van der Waals surface area contributed by atoms with Crippen LogP contribution in [-0.4, -0.2) is 12.2 Å². The number of aliphatic hydroxyl groups is 1. The third kappa shape index (κ3) is 2.94. The quantitative estimate of drug-likeness (QED) is 0.908. The summed E-state index contributed by atoms with van der Waals surface area (Å²) in [6.45, 7) is 5.75. The molecular weight excluding hydrogens is 252 g/mol. The van der Waals surface area contributed by atoms with Crippen molar-refractivity contribution in [3.05, 3.63) is 53.1 Å². The van der Waals surface area contributed by atoms with Crippen LogP contribution < -0.4 is 9.47 Å².